The highest BCUT2D eigenvalue weighted by Crippen LogP contribution is 2.01. The summed E-state index contributed by atoms with van der Waals surface area (Å²) in [4.78, 5) is 13.5. The van der Waals surface area contributed by atoms with Crippen molar-refractivity contribution in [1.29, 1.82) is 0 Å². The molecule has 0 unspecified atom stereocenters. The predicted octanol–water partition coefficient (Wildman–Crippen LogP) is 2.39. The van der Waals surface area contributed by atoms with Crippen LogP contribution in [0.4, 0.5) is 4.79 Å². The standard InChI is InChI=1S/C11H22N2O/c1-6-8-13(9-7-2)10(14)12-11(3,4)5/h6H,1,7-9H2,2-5H3,(H,12,14). The smallest absolute Gasteiger partial charge is 0.318 e. The highest BCUT2D eigenvalue weighted by atomic mass is 16.2. The number of rotatable bonds is 4. The fourth-order valence-corrected chi connectivity index (χ4v) is 1.10. The van der Waals surface area contributed by atoms with Crippen molar-refractivity contribution in [1.82, 2.24) is 10.2 Å². The Hall–Kier alpha value is -0.990. The van der Waals surface area contributed by atoms with Crippen LogP contribution >= 0.6 is 0 Å². The molecule has 0 aromatic rings. The van der Waals surface area contributed by atoms with E-state index in [1.54, 1.807) is 11.0 Å². The number of carbonyl (C=O) groups is 1. The highest BCUT2D eigenvalue weighted by molar-refractivity contribution is 5.75. The largest absolute Gasteiger partial charge is 0.333 e. The monoisotopic (exact) mass is 198 g/mol. The Morgan fingerprint density at radius 1 is 1.50 bits per heavy atom. The van der Waals surface area contributed by atoms with Gasteiger partial charge in [-0.1, -0.05) is 13.0 Å². The predicted molar refractivity (Wildman–Crippen MR) is 60.3 cm³/mol. The summed E-state index contributed by atoms with van der Waals surface area (Å²) in [6.07, 6.45) is 2.71. The summed E-state index contributed by atoms with van der Waals surface area (Å²) < 4.78 is 0. The molecule has 0 aliphatic carbocycles. The van der Waals surface area contributed by atoms with Gasteiger partial charge >= 0.3 is 6.03 Å². The van der Waals surface area contributed by atoms with Gasteiger partial charge in [0.05, 0.1) is 0 Å². The first-order valence-corrected chi connectivity index (χ1v) is 5.08. The average molecular weight is 198 g/mol. The normalized spacial score (nSPS) is 10.9. The van der Waals surface area contributed by atoms with Crippen LogP contribution in [0.5, 0.6) is 0 Å². The van der Waals surface area contributed by atoms with Crippen molar-refractivity contribution in [2.24, 2.45) is 0 Å². The second-order valence-corrected chi connectivity index (χ2v) is 4.41. The molecule has 82 valence electrons. The molecule has 0 bridgehead atoms. The second-order valence-electron chi connectivity index (χ2n) is 4.41. The number of carbonyl (C=O) groups excluding carboxylic acids is 1. The van der Waals surface area contributed by atoms with Crippen LogP contribution in [0.15, 0.2) is 12.7 Å². The summed E-state index contributed by atoms with van der Waals surface area (Å²) in [5.74, 6) is 0. The lowest BCUT2D eigenvalue weighted by molar-refractivity contribution is 0.194. The Labute approximate surface area is 87.2 Å². The molecule has 3 heteroatoms. The van der Waals surface area contributed by atoms with Crippen LogP contribution in [0.25, 0.3) is 0 Å². The summed E-state index contributed by atoms with van der Waals surface area (Å²) in [6, 6.07) is -0.0146. The van der Waals surface area contributed by atoms with E-state index in [0.717, 1.165) is 13.0 Å². The lowest BCUT2D eigenvalue weighted by Crippen LogP contribution is -2.48. The first-order chi connectivity index (χ1) is 6.40. The van der Waals surface area contributed by atoms with Crippen LogP contribution in [0.2, 0.25) is 0 Å². The molecule has 0 rings (SSSR count). The minimum absolute atomic E-state index is 0.0146. The van der Waals surface area contributed by atoms with Crippen LogP contribution in [-0.4, -0.2) is 29.6 Å². The molecule has 1 N–H and O–H groups in total. The topological polar surface area (TPSA) is 32.3 Å². The van der Waals surface area contributed by atoms with Gasteiger partial charge < -0.3 is 10.2 Å². The Kier molecular flexibility index (Phi) is 5.28. The zero-order chi connectivity index (χ0) is 11.2. The van der Waals surface area contributed by atoms with E-state index in [1.165, 1.54) is 0 Å². The van der Waals surface area contributed by atoms with Crippen molar-refractivity contribution in [3.05, 3.63) is 12.7 Å². The van der Waals surface area contributed by atoms with E-state index < -0.39 is 0 Å². The number of amides is 2. The van der Waals surface area contributed by atoms with Crippen molar-refractivity contribution in [2.45, 2.75) is 39.7 Å². The van der Waals surface area contributed by atoms with Gasteiger partial charge in [0.15, 0.2) is 0 Å². The quantitative estimate of drug-likeness (QED) is 0.691. The number of nitrogens with one attached hydrogen (secondary N) is 1. The third kappa shape index (κ3) is 5.62. The molecule has 0 atom stereocenters. The van der Waals surface area contributed by atoms with E-state index in [2.05, 4.69) is 18.8 Å². The zero-order valence-electron chi connectivity index (χ0n) is 9.76. The lowest BCUT2D eigenvalue weighted by atomic mass is 10.1. The van der Waals surface area contributed by atoms with E-state index in [0.29, 0.717) is 6.54 Å². The lowest BCUT2D eigenvalue weighted by Gasteiger charge is -2.27. The summed E-state index contributed by atoms with van der Waals surface area (Å²) in [6.45, 7) is 13.0. The molecule has 0 radical (unpaired) electrons. The molecular formula is C11H22N2O. The number of nitrogens with zero attached hydrogens (tertiary/aromatic N) is 1. The van der Waals surface area contributed by atoms with Gasteiger partial charge in [-0.25, -0.2) is 4.79 Å². The molecule has 2 amide bonds. The molecule has 0 fully saturated rings. The molecule has 0 aromatic carbocycles. The van der Waals surface area contributed by atoms with Crippen LogP contribution in [0.3, 0.4) is 0 Å². The molecule has 0 heterocycles. The molecule has 0 aliphatic rings. The van der Waals surface area contributed by atoms with Crippen LogP contribution in [0.1, 0.15) is 34.1 Å². The van der Waals surface area contributed by atoms with Crippen LogP contribution in [-0.2, 0) is 0 Å². The van der Waals surface area contributed by atoms with Crippen LogP contribution < -0.4 is 5.32 Å². The summed E-state index contributed by atoms with van der Waals surface area (Å²) in [5.41, 5.74) is -0.176. The molecule has 0 spiro atoms. The minimum Gasteiger partial charge on any atom is -0.333 e. The van der Waals surface area contributed by atoms with Gasteiger partial charge in [0, 0.05) is 18.6 Å². The van der Waals surface area contributed by atoms with Crippen molar-refractivity contribution < 1.29 is 4.79 Å². The van der Waals surface area contributed by atoms with Crippen molar-refractivity contribution in [3.8, 4) is 0 Å². The fraction of sp³-hybridized carbons (Fsp3) is 0.727. The average Bonchev–Trinajstić information content (AvgIpc) is 2.01. The van der Waals surface area contributed by atoms with E-state index in [1.807, 2.05) is 20.8 Å². The first kappa shape index (κ1) is 13.0. The summed E-state index contributed by atoms with van der Waals surface area (Å²) in [5, 5.41) is 2.93. The van der Waals surface area contributed by atoms with E-state index in [-0.39, 0.29) is 11.6 Å². The molecule has 0 saturated heterocycles. The molecule has 0 aromatic heterocycles. The third-order valence-electron chi connectivity index (χ3n) is 1.61. The SMILES string of the molecule is C=CCN(CCC)C(=O)NC(C)(C)C. The van der Waals surface area contributed by atoms with Crippen molar-refractivity contribution in [2.75, 3.05) is 13.1 Å². The molecule has 0 aliphatic heterocycles. The fourth-order valence-electron chi connectivity index (χ4n) is 1.10. The molecule has 0 saturated carbocycles. The maximum absolute atomic E-state index is 11.7. The first-order valence-electron chi connectivity index (χ1n) is 5.08. The second kappa shape index (κ2) is 5.68. The third-order valence-corrected chi connectivity index (χ3v) is 1.61. The highest BCUT2D eigenvalue weighted by Gasteiger charge is 2.17. The Balaban J connectivity index is 4.21. The number of hydrogen-bond donors (Lipinski definition) is 1. The van der Waals surface area contributed by atoms with Crippen LogP contribution in [0, 0.1) is 0 Å². The molecular weight excluding hydrogens is 176 g/mol. The zero-order valence-corrected chi connectivity index (χ0v) is 9.76. The van der Waals surface area contributed by atoms with Gasteiger partial charge in [-0.05, 0) is 27.2 Å². The maximum atomic E-state index is 11.7. The van der Waals surface area contributed by atoms with E-state index in [9.17, 15) is 4.79 Å². The van der Waals surface area contributed by atoms with E-state index in [4.69, 9.17) is 0 Å². The van der Waals surface area contributed by atoms with Gasteiger partial charge in [-0.2, -0.15) is 0 Å². The van der Waals surface area contributed by atoms with Gasteiger partial charge in [-0.15, -0.1) is 6.58 Å². The van der Waals surface area contributed by atoms with Gasteiger partial charge in [0.1, 0.15) is 0 Å². The Bertz CT molecular complexity index is 194. The Morgan fingerprint density at radius 2 is 2.07 bits per heavy atom. The van der Waals surface area contributed by atoms with Gasteiger partial charge in [-0.3, -0.25) is 0 Å². The molecule has 14 heavy (non-hydrogen) atoms. The van der Waals surface area contributed by atoms with Gasteiger partial charge in [0.2, 0.25) is 0 Å². The summed E-state index contributed by atoms with van der Waals surface area (Å²) in [7, 11) is 0. The number of hydrogen-bond acceptors (Lipinski definition) is 1. The minimum atomic E-state index is -0.176. The number of urea groups is 1. The van der Waals surface area contributed by atoms with Crippen molar-refractivity contribution >= 4 is 6.03 Å². The summed E-state index contributed by atoms with van der Waals surface area (Å²) >= 11 is 0. The maximum Gasteiger partial charge on any atom is 0.318 e. The van der Waals surface area contributed by atoms with E-state index >= 15 is 0 Å². The van der Waals surface area contributed by atoms with Gasteiger partial charge in [0.25, 0.3) is 0 Å². The Morgan fingerprint density at radius 3 is 2.43 bits per heavy atom. The van der Waals surface area contributed by atoms with Crippen molar-refractivity contribution in [3.63, 3.8) is 0 Å². The molecule has 3 nitrogen and oxygen atoms in total.